The molecule has 0 heterocycles. The van der Waals surface area contributed by atoms with Gasteiger partial charge >= 0.3 is 0 Å². The van der Waals surface area contributed by atoms with Crippen molar-refractivity contribution >= 4 is 0 Å². The van der Waals surface area contributed by atoms with Crippen molar-refractivity contribution in [1.29, 1.82) is 0 Å². The van der Waals surface area contributed by atoms with E-state index in [1.165, 1.54) is 44.1 Å². The molecular formula is C19H28O2. The first-order chi connectivity index (χ1) is 10.2. The second kappa shape index (κ2) is 6.93. The molecule has 2 nitrogen and oxygen atoms in total. The van der Waals surface area contributed by atoms with Gasteiger partial charge in [-0.1, -0.05) is 49.9 Å². The third kappa shape index (κ3) is 3.67. The van der Waals surface area contributed by atoms with Gasteiger partial charge in [0.25, 0.3) is 0 Å². The average Bonchev–Trinajstić information content (AvgIpc) is 3.20. The molecule has 2 atom stereocenters. The van der Waals surface area contributed by atoms with Crippen LogP contribution in [0.1, 0.15) is 68.6 Å². The van der Waals surface area contributed by atoms with Crippen LogP contribution in [0.5, 0.6) is 0 Å². The molecule has 21 heavy (non-hydrogen) atoms. The molecule has 2 fully saturated rings. The molecule has 3 rings (SSSR count). The van der Waals surface area contributed by atoms with Crippen LogP contribution in [-0.4, -0.2) is 16.3 Å². The highest BCUT2D eigenvalue weighted by molar-refractivity contribution is 5.26. The SMILES string of the molecule is OC(Cc1cccc(C(O)C2CCCC2)c1)C1CCCC1. The number of hydrogen-bond acceptors (Lipinski definition) is 2. The molecule has 2 heteroatoms. The highest BCUT2D eigenvalue weighted by atomic mass is 16.3. The topological polar surface area (TPSA) is 40.5 Å². The van der Waals surface area contributed by atoms with E-state index in [4.69, 9.17) is 0 Å². The van der Waals surface area contributed by atoms with Gasteiger partial charge in [-0.05, 0) is 55.1 Å². The lowest BCUT2D eigenvalue weighted by atomic mass is 9.90. The minimum absolute atomic E-state index is 0.216. The first-order valence-electron chi connectivity index (χ1n) is 8.69. The normalized spacial score (nSPS) is 23.5. The Hall–Kier alpha value is -0.860. The third-order valence-electron chi connectivity index (χ3n) is 5.53. The van der Waals surface area contributed by atoms with Gasteiger partial charge < -0.3 is 10.2 Å². The number of hydrogen-bond donors (Lipinski definition) is 2. The maximum atomic E-state index is 10.5. The van der Waals surface area contributed by atoms with Crippen molar-refractivity contribution in [2.75, 3.05) is 0 Å². The second-order valence-electron chi connectivity index (χ2n) is 7.05. The van der Waals surface area contributed by atoms with Crippen molar-refractivity contribution in [3.8, 4) is 0 Å². The van der Waals surface area contributed by atoms with Crippen LogP contribution in [0.3, 0.4) is 0 Å². The summed E-state index contributed by atoms with van der Waals surface area (Å²) in [5.41, 5.74) is 2.21. The summed E-state index contributed by atoms with van der Waals surface area (Å²) < 4.78 is 0. The van der Waals surface area contributed by atoms with E-state index in [0.29, 0.717) is 11.8 Å². The number of aliphatic hydroxyl groups is 2. The van der Waals surface area contributed by atoms with Gasteiger partial charge in [-0.25, -0.2) is 0 Å². The van der Waals surface area contributed by atoms with Crippen molar-refractivity contribution in [1.82, 2.24) is 0 Å². The van der Waals surface area contributed by atoms with Gasteiger partial charge in [-0.3, -0.25) is 0 Å². The fraction of sp³-hybridized carbons (Fsp3) is 0.684. The lowest BCUT2D eigenvalue weighted by Crippen LogP contribution is -2.20. The summed E-state index contributed by atoms with van der Waals surface area (Å²) in [5.74, 6) is 0.911. The molecule has 2 aliphatic rings. The summed E-state index contributed by atoms with van der Waals surface area (Å²) in [6.07, 6.45) is 9.87. The average molecular weight is 288 g/mol. The standard InChI is InChI=1S/C19H28O2/c20-18(15-7-1-2-8-15)13-14-6-5-11-17(12-14)19(21)16-9-3-4-10-16/h5-6,11-12,15-16,18-21H,1-4,7-10,13H2. The van der Waals surface area contributed by atoms with Crippen molar-refractivity contribution in [2.24, 2.45) is 11.8 Å². The van der Waals surface area contributed by atoms with Crippen LogP contribution in [0.4, 0.5) is 0 Å². The summed E-state index contributed by atoms with van der Waals surface area (Å²) in [7, 11) is 0. The molecule has 116 valence electrons. The van der Waals surface area contributed by atoms with Crippen LogP contribution in [0.15, 0.2) is 24.3 Å². The van der Waals surface area contributed by atoms with Crippen LogP contribution in [0.2, 0.25) is 0 Å². The molecule has 1 aromatic carbocycles. The number of benzene rings is 1. The highest BCUT2D eigenvalue weighted by Crippen LogP contribution is 2.36. The van der Waals surface area contributed by atoms with Crippen molar-refractivity contribution in [3.05, 3.63) is 35.4 Å². The molecule has 1 aromatic rings. The molecule has 2 saturated carbocycles. The number of aliphatic hydroxyl groups excluding tert-OH is 2. The van der Waals surface area contributed by atoms with E-state index in [1.807, 2.05) is 12.1 Å². The zero-order valence-electron chi connectivity index (χ0n) is 12.9. The summed E-state index contributed by atoms with van der Waals surface area (Å²) in [4.78, 5) is 0. The van der Waals surface area contributed by atoms with Crippen LogP contribution < -0.4 is 0 Å². The smallest absolute Gasteiger partial charge is 0.0818 e. The molecule has 0 spiro atoms. The minimum atomic E-state index is -0.323. The maximum absolute atomic E-state index is 10.5. The molecule has 2 N–H and O–H groups in total. The molecule has 0 bridgehead atoms. The molecule has 0 saturated heterocycles. The van der Waals surface area contributed by atoms with E-state index < -0.39 is 0 Å². The van der Waals surface area contributed by atoms with Crippen LogP contribution >= 0.6 is 0 Å². The zero-order valence-corrected chi connectivity index (χ0v) is 12.9. The summed E-state index contributed by atoms with van der Waals surface area (Å²) in [5, 5.41) is 20.9. The first kappa shape index (κ1) is 15.1. The molecule has 2 unspecified atom stereocenters. The summed E-state index contributed by atoms with van der Waals surface area (Å²) in [6.45, 7) is 0. The van der Waals surface area contributed by atoms with E-state index in [1.54, 1.807) is 0 Å². The van der Waals surface area contributed by atoms with Gasteiger partial charge in [0.2, 0.25) is 0 Å². The fourth-order valence-corrected chi connectivity index (χ4v) is 4.20. The van der Waals surface area contributed by atoms with Crippen LogP contribution in [-0.2, 0) is 6.42 Å². The summed E-state index contributed by atoms with van der Waals surface area (Å²) >= 11 is 0. The first-order valence-corrected chi connectivity index (χ1v) is 8.69. The van der Waals surface area contributed by atoms with E-state index in [0.717, 1.165) is 24.8 Å². The lowest BCUT2D eigenvalue weighted by Gasteiger charge is -2.21. The fourth-order valence-electron chi connectivity index (χ4n) is 4.20. The minimum Gasteiger partial charge on any atom is -0.392 e. The van der Waals surface area contributed by atoms with Crippen molar-refractivity contribution < 1.29 is 10.2 Å². The lowest BCUT2D eigenvalue weighted by molar-refractivity contribution is 0.108. The molecule has 2 aliphatic carbocycles. The molecule has 0 aliphatic heterocycles. The third-order valence-corrected chi connectivity index (χ3v) is 5.53. The Morgan fingerprint density at radius 3 is 2.19 bits per heavy atom. The van der Waals surface area contributed by atoms with Crippen molar-refractivity contribution in [2.45, 2.75) is 70.0 Å². The van der Waals surface area contributed by atoms with Gasteiger partial charge in [-0.2, -0.15) is 0 Å². The Balaban J connectivity index is 1.64. The van der Waals surface area contributed by atoms with Gasteiger partial charge in [-0.15, -0.1) is 0 Å². The maximum Gasteiger partial charge on any atom is 0.0818 e. The Morgan fingerprint density at radius 1 is 0.905 bits per heavy atom. The Morgan fingerprint density at radius 2 is 1.52 bits per heavy atom. The van der Waals surface area contributed by atoms with Crippen LogP contribution in [0, 0.1) is 11.8 Å². The van der Waals surface area contributed by atoms with E-state index in [9.17, 15) is 10.2 Å². The quantitative estimate of drug-likeness (QED) is 0.859. The van der Waals surface area contributed by atoms with Gasteiger partial charge in [0, 0.05) is 0 Å². The Kier molecular flexibility index (Phi) is 4.97. The second-order valence-corrected chi connectivity index (χ2v) is 7.05. The predicted octanol–water partition coefficient (Wildman–Crippen LogP) is 4.00. The van der Waals surface area contributed by atoms with Crippen LogP contribution in [0.25, 0.3) is 0 Å². The zero-order chi connectivity index (χ0) is 14.7. The van der Waals surface area contributed by atoms with Gasteiger partial charge in [0.1, 0.15) is 0 Å². The van der Waals surface area contributed by atoms with E-state index in [2.05, 4.69) is 12.1 Å². The predicted molar refractivity (Wildman–Crippen MR) is 85.0 cm³/mol. The van der Waals surface area contributed by atoms with E-state index in [-0.39, 0.29) is 12.2 Å². The Bertz CT molecular complexity index is 445. The van der Waals surface area contributed by atoms with E-state index >= 15 is 0 Å². The van der Waals surface area contributed by atoms with Crippen molar-refractivity contribution in [3.63, 3.8) is 0 Å². The monoisotopic (exact) mass is 288 g/mol. The highest BCUT2D eigenvalue weighted by Gasteiger charge is 2.26. The molecular weight excluding hydrogens is 260 g/mol. The van der Waals surface area contributed by atoms with Gasteiger partial charge in [0.05, 0.1) is 12.2 Å². The molecule has 0 radical (unpaired) electrons. The number of rotatable bonds is 5. The molecule has 0 aromatic heterocycles. The largest absolute Gasteiger partial charge is 0.392 e. The molecule has 0 amide bonds. The summed E-state index contributed by atoms with van der Waals surface area (Å²) in [6, 6.07) is 8.27. The Labute approximate surface area is 128 Å². The van der Waals surface area contributed by atoms with Gasteiger partial charge in [0.15, 0.2) is 0 Å².